The number of carbonyl (C=O) groups is 2. The van der Waals surface area contributed by atoms with Crippen molar-refractivity contribution in [3.05, 3.63) is 35.4 Å². The molecule has 2 amide bonds. The summed E-state index contributed by atoms with van der Waals surface area (Å²) in [6.45, 7) is 4.68. The molecule has 0 bridgehead atoms. The van der Waals surface area contributed by atoms with Crippen molar-refractivity contribution in [3.8, 4) is 0 Å². The van der Waals surface area contributed by atoms with Crippen molar-refractivity contribution in [1.29, 1.82) is 0 Å². The van der Waals surface area contributed by atoms with Gasteiger partial charge in [0.1, 0.15) is 0 Å². The molecule has 24 heavy (non-hydrogen) atoms. The summed E-state index contributed by atoms with van der Waals surface area (Å²) in [7, 11) is 0. The molecule has 2 aliphatic heterocycles. The summed E-state index contributed by atoms with van der Waals surface area (Å²) in [4.78, 5) is 25.6. The molecule has 0 saturated carbocycles. The molecular formula is C18H26N4O2. The van der Waals surface area contributed by atoms with E-state index in [2.05, 4.69) is 27.7 Å². The largest absolute Gasteiger partial charge is 0.369 e. The molecular weight excluding hydrogens is 304 g/mol. The third kappa shape index (κ3) is 4.33. The Bertz CT molecular complexity index is 600. The average Bonchev–Trinajstić information content (AvgIpc) is 2.52. The van der Waals surface area contributed by atoms with E-state index in [0.717, 1.165) is 51.1 Å². The zero-order valence-electron chi connectivity index (χ0n) is 14.0. The molecule has 2 fully saturated rings. The van der Waals surface area contributed by atoms with Crippen LogP contribution in [0.5, 0.6) is 0 Å². The van der Waals surface area contributed by atoms with E-state index in [0.29, 0.717) is 6.54 Å². The lowest BCUT2D eigenvalue weighted by Crippen LogP contribution is -2.50. The van der Waals surface area contributed by atoms with E-state index in [1.807, 2.05) is 12.1 Å². The monoisotopic (exact) mass is 330 g/mol. The zero-order valence-corrected chi connectivity index (χ0v) is 14.0. The van der Waals surface area contributed by atoms with Crippen LogP contribution in [0.3, 0.4) is 0 Å². The maximum atomic E-state index is 11.9. The number of nitrogens with two attached hydrogens (primary N) is 1. The Hall–Kier alpha value is -1.92. The summed E-state index contributed by atoms with van der Waals surface area (Å²) in [5, 5.41) is 6.11. The van der Waals surface area contributed by atoms with Gasteiger partial charge in [0.25, 0.3) is 0 Å². The first-order valence-corrected chi connectivity index (χ1v) is 8.70. The quantitative estimate of drug-likeness (QED) is 0.696. The fourth-order valence-corrected chi connectivity index (χ4v) is 3.34. The fraction of sp³-hybridized carbons (Fsp3) is 0.556. The van der Waals surface area contributed by atoms with Crippen LogP contribution >= 0.6 is 0 Å². The number of rotatable bonds is 6. The molecule has 6 nitrogen and oxygen atoms in total. The maximum absolute atomic E-state index is 11.9. The molecule has 2 heterocycles. The van der Waals surface area contributed by atoms with Crippen LogP contribution in [0, 0.1) is 11.8 Å². The summed E-state index contributed by atoms with van der Waals surface area (Å²) in [5.41, 5.74) is 7.76. The summed E-state index contributed by atoms with van der Waals surface area (Å²) in [5.74, 6) is 0.0192. The highest BCUT2D eigenvalue weighted by molar-refractivity contribution is 5.80. The number of likely N-dealkylation sites (tertiary alicyclic amines) is 1. The molecule has 130 valence electrons. The molecule has 0 radical (unpaired) electrons. The number of amides is 2. The molecule has 1 atom stereocenters. The number of piperidine rings is 1. The van der Waals surface area contributed by atoms with Crippen LogP contribution in [-0.2, 0) is 22.7 Å². The smallest absolute Gasteiger partial charge is 0.225 e. The molecule has 0 aromatic heterocycles. The molecule has 6 heteroatoms. The number of hydrogen-bond donors (Lipinski definition) is 3. The lowest BCUT2D eigenvalue weighted by Gasteiger charge is -2.31. The van der Waals surface area contributed by atoms with Gasteiger partial charge in [-0.3, -0.25) is 14.5 Å². The number of nitrogens with one attached hydrogen (secondary N) is 2. The van der Waals surface area contributed by atoms with E-state index >= 15 is 0 Å². The summed E-state index contributed by atoms with van der Waals surface area (Å²) >= 11 is 0. The average molecular weight is 330 g/mol. The molecule has 1 aromatic rings. The van der Waals surface area contributed by atoms with Gasteiger partial charge in [0.2, 0.25) is 11.8 Å². The highest BCUT2D eigenvalue weighted by atomic mass is 16.2. The van der Waals surface area contributed by atoms with Crippen LogP contribution in [0.1, 0.15) is 24.0 Å². The van der Waals surface area contributed by atoms with Gasteiger partial charge >= 0.3 is 0 Å². The molecule has 2 aliphatic rings. The first-order chi connectivity index (χ1) is 11.6. The summed E-state index contributed by atoms with van der Waals surface area (Å²) < 4.78 is 0. The van der Waals surface area contributed by atoms with Crippen molar-refractivity contribution >= 4 is 11.8 Å². The van der Waals surface area contributed by atoms with Crippen molar-refractivity contribution in [3.63, 3.8) is 0 Å². The third-order valence-corrected chi connectivity index (χ3v) is 4.92. The first-order valence-electron chi connectivity index (χ1n) is 8.70. The van der Waals surface area contributed by atoms with Gasteiger partial charge in [-0.25, -0.2) is 0 Å². The first kappa shape index (κ1) is 16.9. The van der Waals surface area contributed by atoms with Gasteiger partial charge in [-0.2, -0.15) is 0 Å². The molecule has 0 aliphatic carbocycles. The van der Waals surface area contributed by atoms with E-state index < -0.39 is 0 Å². The molecule has 0 spiro atoms. The van der Waals surface area contributed by atoms with Gasteiger partial charge in [-0.15, -0.1) is 0 Å². The Labute approximate surface area is 142 Å². The second-order valence-corrected chi connectivity index (χ2v) is 6.87. The minimum Gasteiger partial charge on any atom is -0.369 e. The van der Waals surface area contributed by atoms with Gasteiger partial charge in [0.05, 0.1) is 11.8 Å². The molecule has 1 aromatic carbocycles. The zero-order chi connectivity index (χ0) is 16.9. The van der Waals surface area contributed by atoms with E-state index in [9.17, 15) is 9.59 Å². The Kier molecular flexibility index (Phi) is 5.48. The van der Waals surface area contributed by atoms with Crippen LogP contribution in [0.15, 0.2) is 24.3 Å². The summed E-state index contributed by atoms with van der Waals surface area (Å²) in [6, 6.07) is 8.28. The minimum atomic E-state index is -0.193. The predicted octanol–water partition coefficient (Wildman–Crippen LogP) is 0.220. The van der Waals surface area contributed by atoms with Crippen molar-refractivity contribution in [2.75, 3.05) is 26.2 Å². The van der Waals surface area contributed by atoms with Crippen molar-refractivity contribution in [2.24, 2.45) is 17.6 Å². The molecule has 2 saturated heterocycles. The van der Waals surface area contributed by atoms with Gasteiger partial charge < -0.3 is 16.4 Å². The van der Waals surface area contributed by atoms with Crippen molar-refractivity contribution in [2.45, 2.75) is 25.9 Å². The SMILES string of the molecule is NC(=O)C1CCCN(Cc2cccc(CNC(=O)C3CNC3)c2)C1. The topological polar surface area (TPSA) is 87.5 Å². The number of primary amides is 1. The summed E-state index contributed by atoms with van der Waals surface area (Å²) in [6.07, 6.45) is 1.91. The highest BCUT2D eigenvalue weighted by Crippen LogP contribution is 2.18. The van der Waals surface area contributed by atoms with Gasteiger partial charge in [0.15, 0.2) is 0 Å². The Morgan fingerprint density at radius 3 is 2.75 bits per heavy atom. The van der Waals surface area contributed by atoms with Crippen LogP contribution in [-0.4, -0.2) is 42.9 Å². The Morgan fingerprint density at radius 2 is 2.04 bits per heavy atom. The second kappa shape index (κ2) is 7.77. The van der Waals surface area contributed by atoms with Gasteiger partial charge in [-0.05, 0) is 30.5 Å². The third-order valence-electron chi connectivity index (χ3n) is 4.92. The van der Waals surface area contributed by atoms with Crippen molar-refractivity contribution < 1.29 is 9.59 Å². The maximum Gasteiger partial charge on any atom is 0.225 e. The molecule has 3 rings (SSSR count). The number of nitrogens with zero attached hydrogens (tertiary/aromatic N) is 1. The fourth-order valence-electron chi connectivity index (χ4n) is 3.34. The van der Waals surface area contributed by atoms with Crippen LogP contribution in [0.2, 0.25) is 0 Å². The lowest BCUT2D eigenvalue weighted by atomic mass is 9.97. The van der Waals surface area contributed by atoms with Crippen LogP contribution in [0.4, 0.5) is 0 Å². The second-order valence-electron chi connectivity index (χ2n) is 6.87. The lowest BCUT2D eigenvalue weighted by molar-refractivity contribution is -0.126. The minimum absolute atomic E-state index is 0.0303. The molecule has 4 N–H and O–H groups in total. The number of hydrogen-bond acceptors (Lipinski definition) is 4. The normalized spacial score (nSPS) is 21.9. The predicted molar refractivity (Wildman–Crippen MR) is 91.8 cm³/mol. The Morgan fingerprint density at radius 1 is 1.25 bits per heavy atom. The van der Waals surface area contributed by atoms with E-state index in [-0.39, 0.29) is 23.7 Å². The highest BCUT2D eigenvalue weighted by Gasteiger charge is 2.25. The van der Waals surface area contributed by atoms with Crippen LogP contribution in [0.25, 0.3) is 0 Å². The molecule has 1 unspecified atom stereocenters. The van der Waals surface area contributed by atoms with Gasteiger partial charge in [0, 0.05) is 32.7 Å². The van der Waals surface area contributed by atoms with E-state index in [1.54, 1.807) is 0 Å². The standard InChI is InChI=1S/C18H26N4O2/c19-17(23)15-5-2-6-22(12-15)11-14-4-1-3-13(7-14)8-21-18(24)16-9-20-10-16/h1,3-4,7,15-16,20H,2,5-6,8-12H2,(H2,19,23)(H,21,24). The van der Waals surface area contributed by atoms with E-state index in [1.165, 1.54) is 5.56 Å². The van der Waals surface area contributed by atoms with Crippen molar-refractivity contribution in [1.82, 2.24) is 15.5 Å². The Balaban J connectivity index is 1.52. The van der Waals surface area contributed by atoms with Crippen LogP contribution < -0.4 is 16.4 Å². The van der Waals surface area contributed by atoms with Gasteiger partial charge in [-0.1, -0.05) is 24.3 Å². The number of benzene rings is 1. The number of carbonyl (C=O) groups excluding carboxylic acids is 2. The van der Waals surface area contributed by atoms with E-state index in [4.69, 9.17) is 5.73 Å².